The fourth-order valence-corrected chi connectivity index (χ4v) is 2.05. The maximum atomic E-state index is 11.4. The van der Waals surface area contributed by atoms with Crippen LogP contribution in [0.5, 0.6) is 11.5 Å². The van der Waals surface area contributed by atoms with Gasteiger partial charge >= 0.3 is 0 Å². The third-order valence-electron chi connectivity index (χ3n) is 2.73. The number of H-pyrrole nitrogens is 1. The highest BCUT2D eigenvalue weighted by atomic mass is 35.5. The molecule has 1 aromatic carbocycles. The van der Waals surface area contributed by atoms with Crippen molar-refractivity contribution < 1.29 is 14.3 Å². The minimum atomic E-state index is -0.695. The van der Waals surface area contributed by atoms with E-state index in [0.717, 1.165) is 6.42 Å². The van der Waals surface area contributed by atoms with E-state index in [1.807, 2.05) is 6.92 Å². The Bertz CT molecular complexity index is 657. The van der Waals surface area contributed by atoms with Crippen molar-refractivity contribution in [2.75, 3.05) is 13.7 Å². The first-order valence-corrected chi connectivity index (χ1v) is 6.67. The van der Waals surface area contributed by atoms with Crippen molar-refractivity contribution >= 4 is 17.5 Å². The molecule has 112 valence electrons. The molecular formula is C13H15ClN4O3. The zero-order valence-electron chi connectivity index (χ0n) is 11.6. The molecule has 2 aromatic rings. The first kappa shape index (κ1) is 15.1. The number of rotatable bonds is 6. The van der Waals surface area contributed by atoms with Gasteiger partial charge in [-0.15, -0.1) is 0 Å². The molecule has 0 aliphatic rings. The Morgan fingerprint density at radius 2 is 2.19 bits per heavy atom. The Hall–Kier alpha value is -2.28. The zero-order valence-corrected chi connectivity index (χ0v) is 12.4. The Kier molecular flexibility index (Phi) is 4.64. The van der Waals surface area contributed by atoms with Gasteiger partial charge in [-0.1, -0.05) is 18.5 Å². The van der Waals surface area contributed by atoms with Gasteiger partial charge in [0, 0.05) is 11.1 Å². The number of nitrogens with zero attached hydrogens (tertiary/aromatic N) is 2. The summed E-state index contributed by atoms with van der Waals surface area (Å²) in [6, 6.07) is 3.25. The van der Waals surface area contributed by atoms with Crippen LogP contribution < -0.4 is 15.2 Å². The maximum absolute atomic E-state index is 11.4. The third kappa shape index (κ3) is 3.08. The van der Waals surface area contributed by atoms with Gasteiger partial charge in [0.05, 0.1) is 19.3 Å². The van der Waals surface area contributed by atoms with E-state index in [9.17, 15) is 4.79 Å². The Morgan fingerprint density at radius 3 is 2.81 bits per heavy atom. The maximum Gasteiger partial charge on any atom is 0.271 e. The summed E-state index contributed by atoms with van der Waals surface area (Å²) >= 11 is 6.07. The number of hydrogen-bond donors (Lipinski definition) is 2. The van der Waals surface area contributed by atoms with E-state index in [1.165, 1.54) is 7.11 Å². The number of benzene rings is 1. The van der Waals surface area contributed by atoms with E-state index in [0.29, 0.717) is 28.7 Å². The summed E-state index contributed by atoms with van der Waals surface area (Å²) in [5.74, 6) is 0.198. The van der Waals surface area contributed by atoms with E-state index in [-0.39, 0.29) is 11.4 Å². The van der Waals surface area contributed by atoms with Crippen LogP contribution in [-0.4, -0.2) is 35.0 Å². The molecule has 2 rings (SSSR count). The van der Waals surface area contributed by atoms with Gasteiger partial charge in [-0.2, -0.15) is 15.4 Å². The molecule has 1 heterocycles. The lowest BCUT2D eigenvalue weighted by atomic mass is 10.1. The van der Waals surface area contributed by atoms with Crippen molar-refractivity contribution in [3.05, 3.63) is 22.8 Å². The first-order valence-electron chi connectivity index (χ1n) is 6.29. The number of methoxy groups -OCH3 is 1. The largest absolute Gasteiger partial charge is 0.493 e. The molecule has 7 nitrogen and oxygen atoms in total. The summed E-state index contributed by atoms with van der Waals surface area (Å²) < 4.78 is 11.0. The van der Waals surface area contributed by atoms with Crippen molar-refractivity contribution in [1.82, 2.24) is 15.4 Å². The molecule has 1 aromatic heterocycles. The number of primary amides is 1. The SMILES string of the molecule is CCCOc1c(OC)cc(Cl)cc1-c1n[nH]nc1C(N)=O. The van der Waals surface area contributed by atoms with Gasteiger partial charge in [0.2, 0.25) is 0 Å². The number of nitrogens with one attached hydrogen (secondary N) is 1. The fraction of sp³-hybridized carbons (Fsp3) is 0.308. The predicted octanol–water partition coefficient (Wildman–Crippen LogP) is 2.02. The zero-order chi connectivity index (χ0) is 15.4. The highest BCUT2D eigenvalue weighted by Crippen LogP contribution is 2.40. The number of carbonyl (C=O) groups excluding carboxylic acids is 1. The fourth-order valence-electron chi connectivity index (χ4n) is 1.84. The van der Waals surface area contributed by atoms with Crippen molar-refractivity contribution in [3.8, 4) is 22.8 Å². The van der Waals surface area contributed by atoms with E-state index in [2.05, 4.69) is 15.4 Å². The van der Waals surface area contributed by atoms with Gasteiger partial charge in [0.25, 0.3) is 5.91 Å². The topological polar surface area (TPSA) is 103 Å². The summed E-state index contributed by atoms with van der Waals surface area (Å²) in [4.78, 5) is 11.4. The molecule has 0 saturated heterocycles. The highest BCUT2D eigenvalue weighted by Gasteiger charge is 2.22. The molecule has 0 aliphatic carbocycles. The van der Waals surface area contributed by atoms with Gasteiger partial charge < -0.3 is 15.2 Å². The van der Waals surface area contributed by atoms with E-state index in [1.54, 1.807) is 12.1 Å². The molecule has 8 heteroatoms. The van der Waals surface area contributed by atoms with E-state index in [4.69, 9.17) is 26.8 Å². The molecule has 0 fully saturated rings. The van der Waals surface area contributed by atoms with Crippen LogP contribution in [0.4, 0.5) is 0 Å². The summed E-state index contributed by atoms with van der Waals surface area (Å²) in [5, 5.41) is 10.5. The quantitative estimate of drug-likeness (QED) is 0.849. The summed E-state index contributed by atoms with van der Waals surface area (Å²) in [7, 11) is 1.51. The van der Waals surface area contributed by atoms with Gasteiger partial charge in [0.15, 0.2) is 17.2 Å². The van der Waals surface area contributed by atoms with Crippen LogP contribution in [-0.2, 0) is 0 Å². The lowest BCUT2D eigenvalue weighted by Crippen LogP contribution is -2.13. The second kappa shape index (κ2) is 6.45. The summed E-state index contributed by atoms with van der Waals surface area (Å²) in [5.41, 5.74) is 6.07. The normalized spacial score (nSPS) is 10.4. The van der Waals surface area contributed by atoms with Gasteiger partial charge in [-0.05, 0) is 12.5 Å². The number of amides is 1. The Labute approximate surface area is 126 Å². The molecule has 0 atom stereocenters. The average molecular weight is 311 g/mol. The number of hydrogen-bond acceptors (Lipinski definition) is 5. The molecule has 0 bridgehead atoms. The van der Waals surface area contributed by atoms with Crippen LogP contribution in [0.15, 0.2) is 12.1 Å². The van der Waals surface area contributed by atoms with Crippen LogP contribution in [0, 0.1) is 0 Å². The van der Waals surface area contributed by atoms with Crippen molar-refractivity contribution in [1.29, 1.82) is 0 Å². The van der Waals surface area contributed by atoms with Crippen LogP contribution in [0.3, 0.4) is 0 Å². The van der Waals surface area contributed by atoms with Crippen LogP contribution in [0.2, 0.25) is 5.02 Å². The summed E-state index contributed by atoms with van der Waals surface area (Å²) in [6.07, 6.45) is 0.812. The van der Waals surface area contributed by atoms with Crippen molar-refractivity contribution in [3.63, 3.8) is 0 Å². The van der Waals surface area contributed by atoms with Crippen LogP contribution >= 0.6 is 11.6 Å². The van der Waals surface area contributed by atoms with Gasteiger partial charge in [0.1, 0.15) is 5.69 Å². The van der Waals surface area contributed by atoms with Crippen LogP contribution in [0.25, 0.3) is 11.3 Å². The number of ether oxygens (including phenoxy) is 2. The molecule has 0 unspecified atom stereocenters. The number of carbonyl (C=O) groups is 1. The average Bonchev–Trinajstić information content (AvgIpc) is 2.94. The lowest BCUT2D eigenvalue weighted by Gasteiger charge is -2.14. The third-order valence-corrected chi connectivity index (χ3v) is 2.94. The standard InChI is InChI=1S/C13H15ClN4O3/c1-3-4-21-12-8(5-7(14)6-9(12)20-2)10-11(13(15)19)17-18-16-10/h5-6H,3-4H2,1-2H3,(H2,15,19)(H,16,17,18). The Balaban J connectivity index is 2.62. The van der Waals surface area contributed by atoms with Gasteiger partial charge in [-0.25, -0.2) is 0 Å². The molecule has 0 spiro atoms. The lowest BCUT2D eigenvalue weighted by molar-refractivity contribution is 0.0996. The predicted molar refractivity (Wildman–Crippen MR) is 77.7 cm³/mol. The molecule has 1 amide bonds. The number of nitrogens with two attached hydrogens (primary N) is 1. The second-order valence-electron chi connectivity index (χ2n) is 4.22. The number of aromatic nitrogens is 3. The molecule has 0 saturated carbocycles. The van der Waals surface area contributed by atoms with Crippen LogP contribution in [0.1, 0.15) is 23.8 Å². The van der Waals surface area contributed by atoms with E-state index < -0.39 is 5.91 Å². The van der Waals surface area contributed by atoms with E-state index >= 15 is 0 Å². The monoisotopic (exact) mass is 310 g/mol. The smallest absolute Gasteiger partial charge is 0.271 e. The summed E-state index contributed by atoms with van der Waals surface area (Å²) in [6.45, 7) is 2.46. The number of aromatic amines is 1. The first-order chi connectivity index (χ1) is 10.1. The molecular weight excluding hydrogens is 296 g/mol. The minimum Gasteiger partial charge on any atom is -0.493 e. The molecule has 0 aliphatic heterocycles. The molecule has 3 N–H and O–H groups in total. The van der Waals surface area contributed by atoms with Gasteiger partial charge in [-0.3, -0.25) is 4.79 Å². The van der Waals surface area contributed by atoms with Crippen molar-refractivity contribution in [2.24, 2.45) is 5.73 Å². The molecule has 21 heavy (non-hydrogen) atoms. The highest BCUT2D eigenvalue weighted by molar-refractivity contribution is 6.31. The van der Waals surface area contributed by atoms with Crippen molar-refractivity contribution in [2.45, 2.75) is 13.3 Å². The number of halogens is 1. The minimum absolute atomic E-state index is 0.0145. The second-order valence-corrected chi connectivity index (χ2v) is 4.65. The Morgan fingerprint density at radius 1 is 1.43 bits per heavy atom. The molecule has 0 radical (unpaired) electrons.